The fraction of sp³-hybridized carbons (Fsp3) is 0.364. The van der Waals surface area contributed by atoms with Gasteiger partial charge in [0.05, 0.1) is 13.5 Å². The standard InChI is InChI=1S/C11H13BrO2/c1-7-5-10(12)8(2)4-9(7)6-11(13)14-3/h4-5H,6H2,1-3H3. The van der Waals surface area contributed by atoms with Gasteiger partial charge in [-0.1, -0.05) is 22.0 Å². The van der Waals surface area contributed by atoms with E-state index in [4.69, 9.17) is 0 Å². The Labute approximate surface area is 92.4 Å². The third kappa shape index (κ3) is 2.58. The summed E-state index contributed by atoms with van der Waals surface area (Å²) >= 11 is 3.45. The van der Waals surface area contributed by atoms with Gasteiger partial charge in [0, 0.05) is 4.47 Å². The third-order valence-corrected chi connectivity index (χ3v) is 3.03. The maximum absolute atomic E-state index is 11.1. The quantitative estimate of drug-likeness (QED) is 0.761. The van der Waals surface area contributed by atoms with Gasteiger partial charge in [0.25, 0.3) is 0 Å². The van der Waals surface area contributed by atoms with Crippen LogP contribution in [-0.2, 0) is 16.0 Å². The highest BCUT2D eigenvalue weighted by atomic mass is 79.9. The van der Waals surface area contributed by atoms with Gasteiger partial charge in [0.2, 0.25) is 0 Å². The number of halogens is 1. The minimum Gasteiger partial charge on any atom is -0.469 e. The van der Waals surface area contributed by atoms with Crippen molar-refractivity contribution in [1.82, 2.24) is 0 Å². The molecule has 14 heavy (non-hydrogen) atoms. The summed E-state index contributed by atoms with van der Waals surface area (Å²) in [5.41, 5.74) is 3.26. The average molecular weight is 257 g/mol. The van der Waals surface area contributed by atoms with Crippen LogP contribution in [0.3, 0.4) is 0 Å². The van der Waals surface area contributed by atoms with Crippen LogP contribution in [0.1, 0.15) is 16.7 Å². The topological polar surface area (TPSA) is 26.3 Å². The highest BCUT2D eigenvalue weighted by molar-refractivity contribution is 9.10. The molecular formula is C11H13BrO2. The summed E-state index contributed by atoms with van der Waals surface area (Å²) in [5.74, 6) is -0.199. The Balaban J connectivity index is 2.98. The molecule has 2 nitrogen and oxygen atoms in total. The van der Waals surface area contributed by atoms with E-state index in [9.17, 15) is 4.79 Å². The van der Waals surface area contributed by atoms with Gasteiger partial charge in [0.15, 0.2) is 0 Å². The molecule has 0 aliphatic rings. The van der Waals surface area contributed by atoms with E-state index >= 15 is 0 Å². The highest BCUT2D eigenvalue weighted by Gasteiger charge is 2.07. The molecule has 0 saturated carbocycles. The first kappa shape index (κ1) is 11.2. The molecule has 1 rings (SSSR count). The SMILES string of the molecule is COC(=O)Cc1cc(C)c(Br)cc1C. The number of hydrogen-bond donors (Lipinski definition) is 0. The third-order valence-electron chi connectivity index (χ3n) is 2.18. The summed E-state index contributed by atoms with van der Waals surface area (Å²) in [5, 5.41) is 0. The lowest BCUT2D eigenvalue weighted by molar-refractivity contribution is -0.139. The fourth-order valence-electron chi connectivity index (χ4n) is 1.26. The molecule has 0 spiro atoms. The van der Waals surface area contributed by atoms with E-state index in [-0.39, 0.29) is 5.97 Å². The number of rotatable bonds is 2. The van der Waals surface area contributed by atoms with Gasteiger partial charge in [-0.25, -0.2) is 0 Å². The lowest BCUT2D eigenvalue weighted by Gasteiger charge is -2.07. The minimum absolute atomic E-state index is 0.199. The molecule has 0 heterocycles. The molecule has 0 atom stereocenters. The predicted molar refractivity (Wildman–Crippen MR) is 59.3 cm³/mol. The molecule has 0 bridgehead atoms. The van der Waals surface area contributed by atoms with Crippen molar-refractivity contribution < 1.29 is 9.53 Å². The number of hydrogen-bond acceptors (Lipinski definition) is 2. The van der Waals surface area contributed by atoms with Crippen molar-refractivity contribution in [1.29, 1.82) is 0 Å². The Hall–Kier alpha value is -0.830. The van der Waals surface area contributed by atoms with Crippen molar-refractivity contribution >= 4 is 21.9 Å². The number of benzene rings is 1. The predicted octanol–water partition coefficient (Wildman–Crippen LogP) is 2.78. The molecule has 3 heteroatoms. The van der Waals surface area contributed by atoms with Gasteiger partial charge in [-0.05, 0) is 36.6 Å². The molecule has 0 radical (unpaired) electrons. The fourth-order valence-corrected chi connectivity index (χ4v) is 1.72. The minimum atomic E-state index is -0.199. The van der Waals surface area contributed by atoms with E-state index in [0.717, 1.165) is 21.2 Å². The largest absolute Gasteiger partial charge is 0.469 e. The Morgan fingerprint density at radius 2 is 2.00 bits per heavy atom. The van der Waals surface area contributed by atoms with Crippen LogP contribution in [-0.4, -0.2) is 13.1 Å². The Morgan fingerprint density at radius 3 is 2.57 bits per heavy atom. The summed E-state index contributed by atoms with van der Waals surface area (Å²) in [6, 6.07) is 4.03. The summed E-state index contributed by atoms with van der Waals surface area (Å²) in [6.45, 7) is 3.99. The zero-order chi connectivity index (χ0) is 10.7. The molecule has 0 fully saturated rings. The summed E-state index contributed by atoms with van der Waals surface area (Å²) in [4.78, 5) is 11.1. The smallest absolute Gasteiger partial charge is 0.309 e. The van der Waals surface area contributed by atoms with Crippen LogP contribution in [0.25, 0.3) is 0 Å². The van der Waals surface area contributed by atoms with Crippen molar-refractivity contribution in [3.63, 3.8) is 0 Å². The average Bonchev–Trinajstić information content (AvgIpc) is 2.14. The van der Waals surface area contributed by atoms with Crippen LogP contribution in [0.5, 0.6) is 0 Å². The second kappa shape index (κ2) is 4.60. The van der Waals surface area contributed by atoms with Crippen molar-refractivity contribution in [3.8, 4) is 0 Å². The van der Waals surface area contributed by atoms with Crippen LogP contribution in [0.15, 0.2) is 16.6 Å². The lowest BCUT2D eigenvalue weighted by atomic mass is 10.0. The van der Waals surface area contributed by atoms with Crippen LogP contribution in [0.4, 0.5) is 0 Å². The molecule has 0 aromatic heterocycles. The van der Waals surface area contributed by atoms with Crippen molar-refractivity contribution in [3.05, 3.63) is 33.3 Å². The molecule has 0 amide bonds. The van der Waals surface area contributed by atoms with Gasteiger partial charge < -0.3 is 4.74 Å². The van der Waals surface area contributed by atoms with Crippen LogP contribution in [0, 0.1) is 13.8 Å². The van der Waals surface area contributed by atoms with Crippen LogP contribution >= 0.6 is 15.9 Å². The van der Waals surface area contributed by atoms with Gasteiger partial charge in [-0.3, -0.25) is 4.79 Å². The maximum Gasteiger partial charge on any atom is 0.309 e. The van der Waals surface area contributed by atoms with E-state index in [1.165, 1.54) is 7.11 Å². The Morgan fingerprint density at radius 1 is 1.36 bits per heavy atom. The van der Waals surface area contributed by atoms with E-state index in [0.29, 0.717) is 6.42 Å². The van der Waals surface area contributed by atoms with Gasteiger partial charge in [-0.15, -0.1) is 0 Å². The molecular weight excluding hydrogens is 244 g/mol. The van der Waals surface area contributed by atoms with Crippen LogP contribution in [0.2, 0.25) is 0 Å². The molecule has 1 aromatic carbocycles. The van der Waals surface area contributed by atoms with E-state index in [1.807, 2.05) is 26.0 Å². The molecule has 0 N–H and O–H groups in total. The summed E-state index contributed by atoms with van der Waals surface area (Å²) in [7, 11) is 1.41. The molecule has 0 saturated heterocycles. The zero-order valence-electron chi connectivity index (χ0n) is 8.56. The number of ether oxygens (including phenoxy) is 1. The summed E-state index contributed by atoms with van der Waals surface area (Å²) in [6.07, 6.45) is 0.344. The number of methoxy groups -OCH3 is 1. The van der Waals surface area contributed by atoms with Crippen molar-refractivity contribution in [2.24, 2.45) is 0 Å². The molecule has 0 unspecified atom stereocenters. The molecule has 0 aliphatic heterocycles. The first-order valence-electron chi connectivity index (χ1n) is 4.37. The van der Waals surface area contributed by atoms with Gasteiger partial charge in [0.1, 0.15) is 0 Å². The number of carbonyl (C=O) groups is 1. The van der Waals surface area contributed by atoms with Gasteiger partial charge in [-0.2, -0.15) is 0 Å². The van der Waals surface area contributed by atoms with Gasteiger partial charge >= 0.3 is 5.97 Å². The molecule has 0 aliphatic carbocycles. The van der Waals surface area contributed by atoms with E-state index in [2.05, 4.69) is 20.7 Å². The van der Waals surface area contributed by atoms with E-state index < -0.39 is 0 Å². The monoisotopic (exact) mass is 256 g/mol. The van der Waals surface area contributed by atoms with Crippen molar-refractivity contribution in [2.75, 3.05) is 7.11 Å². The molecule has 76 valence electrons. The number of esters is 1. The first-order chi connectivity index (χ1) is 6.54. The normalized spacial score (nSPS) is 10.0. The number of carbonyl (C=O) groups excluding carboxylic acids is 1. The second-order valence-corrected chi connectivity index (χ2v) is 4.14. The number of aryl methyl sites for hydroxylation is 2. The highest BCUT2D eigenvalue weighted by Crippen LogP contribution is 2.21. The zero-order valence-corrected chi connectivity index (χ0v) is 10.1. The van der Waals surface area contributed by atoms with E-state index in [1.54, 1.807) is 0 Å². The lowest BCUT2D eigenvalue weighted by Crippen LogP contribution is -2.06. The Bertz CT molecular complexity index is 359. The maximum atomic E-state index is 11.1. The van der Waals surface area contributed by atoms with Crippen LogP contribution < -0.4 is 0 Å². The summed E-state index contributed by atoms with van der Waals surface area (Å²) < 4.78 is 5.70. The Kier molecular flexibility index (Phi) is 3.69. The second-order valence-electron chi connectivity index (χ2n) is 3.28. The first-order valence-corrected chi connectivity index (χ1v) is 5.16. The van der Waals surface area contributed by atoms with Crippen molar-refractivity contribution in [2.45, 2.75) is 20.3 Å². The molecule has 1 aromatic rings.